The summed E-state index contributed by atoms with van der Waals surface area (Å²) in [4.78, 5) is 30.7. The third-order valence-electron chi connectivity index (χ3n) is 3.11. The molecule has 2 amide bonds. The number of hydrogen-bond donors (Lipinski definition) is 3. The number of likely N-dealkylation sites (tertiary alicyclic amines) is 1. The van der Waals surface area contributed by atoms with Crippen molar-refractivity contribution >= 4 is 33.7 Å². The lowest BCUT2D eigenvalue weighted by molar-refractivity contribution is -0.266. The molecule has 0 radical (unpaired) electrons. The molecular weight excluding hydrogens is 360 g/mol. The van der Waals surface area contributed by atoms with Crippen molar-refractivity contribution in [2.24, 2.45) is 5.11 Å². The Hall–Kier alpha value is -2.36. The second kappa shape index (κ2) is 6.60. The van der Waals surface area contributed by atoms with Crippen LogP contribution in [0.2, 0.25) is 0 Å². The predicted molar refractivity (Wildman–Crippen MR) is 73.5 cm³/mol. The monoisotopic (exact) mass is 370 g/mol. The normalized spacial score (nSPS) is 23.7. The van der Waals surface area contributed by atoms with Gasteiger partial charge >= 0.3 is 0 Å². The van der Waals surface area contributed by atoms with Crippen LogP contribution in [0, 0.1) is 5.53 Å². The van der Waals surface area contributed by atoms with Crippen LogP contribution in [-0.4, -0.2) is 51.7 Å². The van der Waals surface area contributed by atoms with E-state index in [2.05, 4.69) is 36.3 Å². The Morgan fingerprint density at radius 3 is 2.91 bits per heavy atom. The van der Waals surface area contributed by atoms with Crippen molar-refractivity contribution in [3.63, 3.8) is 0 Å². The molecule has 3 atom stereocenters. The number of halogens is 1. The van der Waals surface area contributed by atoms with Crippen molar-refractivity contribution in [1.29, 1.82) is 5.53 Å². The minimum absolute atomic E-state index is 0.190. The molecule has 10 nitrogen and oxygen atoms in total. The number of aliphatic hydroxyl groups excluding tert-OH is 1. The van der Waals surface area contributed by atoms with Crippen LogP contribution in [0.15, 0.2) is 27.9 Å². The second-order valence-electron chi connectivity index (χ2n) is 4.47. The number of carbonyl (C=O) groups is 2. The number of aliphatic hydroxyl groups is 1. The van der Waals surface area contributed by atoms with Gasteiger partial charge in [0.1, 0.15) is 39.3 Å². The molecule has 1 aliphatic rings. The minimum atomic E-state index is -1.62. The quantitative estimate of drug-likeness (QED) is 0.356. The lowest BCUT2D eigenvalue weighted by Gasteiger charge is -2.26. The van der Waals surface area contributed by atoms with Gasteiger partial charge in [0.2, 0.25) is 4.91 Å². The molecule has 1 fully saturated rings. The SMILES string of the molecule is N=[N+]=NC1CN(C(=O)[O-])C(C(=O)Nc2cccc(Br)n2)C1O. The predicted octanol–water partition coefficient (Wildman–Crippen LogP) is -0.910. The van der Waals surface area contributed by atoms with Crippen LogP contribution in [0.3, 0.4) is 0 Å². The van der Waals surface area contributed by atoms with Gasteiger partial charge in [-0.2, -0.15) is 0 Å². The summed E-state index contributed by atoms with van der Waals surface area (Å²) < 4.78 is 0.481. The molecule has 22 heavy (non-hydrogen) atoms. The summed E-state index contributed by atoms with van der Waals surface area (Å²) in [6, 6.07) is 2.38. The molecule has 1 saturated heterocycles. The summed E-state index contributed by atoms with van der Waals surface area (Å²) in [5.74, 6) is -0.583. The third-order valence-corrected chi connectivity index (χ3v) is 3.55. The van der Waals surface area contributed by atoms with Gasteiger partial charge < -0.3 is 25.2 Å². The van der Waals surface area contributed by atoms with Gasteiger partial charge in [0, 0.05) is 0 Å². The molecule has 116 valence electrons. The fourth-order valence-corrected chi connectivity index (χ4v) is 2.50. The minimum Gasteiger partial charge on any atom is -0.530 e. The highest BCUT2D eigenvalue weighted by atomic mass is 79.9. The number of nitrogens with one attached hydrogen (secondary N) is 2. The number of anilines is 1. The first-order valence-electron chi connectivity index (χ1n) is 6.09. The molecule has 2 rings (SSSR count). The van der Waals surface area contributed by atoms with E-state index in [9.17, 15) is 19.8 Å². The van der Waals surface area contributed by atoms with Crippen molar-refractivity contribution in [2.75, 3.05) is 11.9 Å². The van der Waals surface area contributed by atoms with Crippen molar-refractivity contribution in [1.82, 2.24) is 14.8 Å². The zero-order valence-electron chi connectivity index (χ0n) is 11.0. The molecular formula is C11H11BrN6O4. The Labute approximate surface area is 132 Å². The second-order valence-corrected chi connectivity index (χ2v) is 5.28. The molecule has 3 N–H and O–H groups in total. The van der Waals surface area contributed by atoms with Gasteiger partial charge in [-0.1, -0.05) is 6.07 Å². The molecule has 0 aliphatic carbocycles. The summed E-state index contributed by atoms with van der Waals surface area (Å²) in [6.45, 7) is -0.282. The Morgan fingerprint density at radius 1 is 1.59 bits per heavy atom. The maximum absolute atomic E-state index is 12.2. The first-order valence-corrected chi connectivity index (χ1v) is 6.89. The molecule has 0 bridgehead atoms. The number of amides is 2. The fraction of sp³-hybridized carbons (Fsp3) is 0.364. The maximum atomic E-state index is 12.2. The van der Waals surface area contributed by atoms with Crippen molar-refractivity contribution < 1.29 is 19.8 Å². The van der Waals surface area contributed by atoms with E-state index in [1.165, 1.54) is 6.07 Å². The topological polar surface area (TPSA) is 156 Å². The maximum Gasteiger partial charge on any atom is 0.251 e. The highest BCUT2D eigenvalue weighted by Gasteiger charge is 2.47. The first kappa shape index (κ1) is 16.0. The smallest absolute Gasteiger partial charge is 0.251 e. The average molecular weight is 371 g/mol. The van der Waals surface area contributed by atoms with E-state index in [4.69, 9.17) is 5.53 Å². The largest absolute Gasteiger partial charge is 0.530 e. The van der Waals surface area contributed by atoms with E-state index in [-0.39, 0.29) is 12.4 Å². The van der Waals surface area contributed by atoms with E-state index in [1.807, 2.05) is 0 Å². The number of carboxylic acid groups (broad SMARTS) is 1. The lowest BCUT2D eigenvalue weighted by atomic mass is 10.1. The van der Waals surface area contributed by atoms with Gasteiger partial charge in [0.15, 0.2) is 6.04 Å². The average Bonchev–Trinajstić information content (AvgIpc) is 2.77. The molecule has 0 spiro atoms. The van der Waals surface area contributed by atoms with Gasteiger partial charge in [-0.3, -0.25) is 4.79 Å². The summed E-state index contributed by atoms with van der Waals surface area (Å²) in [5.41, 5.74) is 6.66. The van der Waals surface area contributed by atoms with Crippen LogP contribution in [0.4, 0.5) is 10.6 Å². The molecule has 0 aromatic carbocycles. The van der Waals surface area contributed by atoms with Crippen molar-refractivity contribution in [3.05, 3.63) is 22.8 Å². The highest BCUT2D eigenvalue weighted by Crippen LogP contribution is 2.22. The van der Waals surface area contributed by atoms with Crippen molar-refractivity contribution in [3.8, 4) is 0 Å². The molecule has 1 aromatic rings. The molecule has 1 aromatic heterocycles. The van der Waals surface area contributed by atoms with Crippen LogP contribution in [0.1, 0.15) is 0 Å². The Bertz CT molecular complexity index is 649. The van der Waals surface area contributed by atoms with Crippen LogP contribution in [-0.2, 0) is 4.79 Å². The van der Waals surface area contributed by atoms with Gasteiger partial charge in [-0.05, 0) is 28.1 Å². The van der Waals surface area contributed by atoms with E-state index >= 15 is 0 Å². The molecule has 1 aliphatic heterocycles. The molecule has 2 heterocycles. The summed E-state index contributed by atoms with van der Waals surface area (Å²) in [5, 5.41) is 26.9. The zero-order chi connectivity index (χ0) is 16.3. The number of nitrogens with zero attached hydrogens (tertiary/aromatic N) is 4. The van der Waals surface area contributed by atoms with E-state index in [0.717, 1.165) is 0 Å². The zero-order valence-corrected chi connectivity index (χ0v) is 12.6. The number of carbonyl (C=O) groups excluding carboxylic acids is 2. The van der Waals surface area contributed by atoms with Crippen molar-refractivity contribution in [2.45, 2.75) is 18.2 Å². The van der Waals surface area contributed by atoms with Crippen LogP contribution in [0.25, 0.3) is 0 Å². The van der Waals surface area contributed by atoms with Gasteiger partial charge in [-0.15, -0.1) is 0 Å². The molecule has 0 saturated carbocycles. The molecule has 3 unspecified atom stereocenters. The van der Waals surface area contributed by atoms with Crippen LogP contribution >= 0.6 is 15.9 Å². The van der Waals surface area contributed by atoms with Crippen LogP contribution in [0.5, 0.6) is 0 Å². The van der Waals surface area contributed by atoms with E-state index in [0.29, 0.717) is 9.50 Å². The Kier molecular flexibility index (Phi) is 4.81. The van der Waals surface area contributed by atoms with E-state index < -0.39 is 30.2 Å². The lowest BCUT2D eigenvalue weighted by Crippen LogP contribution is -2.52. The molecule has 11 heteroatoms. The summed E-state index contributed by atoms with van der Waals surface area (Å²) in [7, 11) is 0. The number of aromatic nitrogens is 1. The highest BCUT2D eigenvalue weighted by molar-refractivity contribution is 9.10. The fourth-order valence-electron chi connectivity index (χ4n) is 2.16. The Morgan fingerprint density at radius 2 is 2.32 bits per heavy atom. The number of rotatable bonds is 3. The van der Waals surface area contributed by atoms with Gasteiger partial charge in [0.25, 0.3) is 5.91 Å². The Balaban J connectivity index is 2.21. The number of pyridine rings is 1. The van der Waals surface area contributed by atoms with Gasteiger partial charge in [-0.25, -0.2) is 4.98 Å². The summed E-state index contributed by atoms with van der Waals surface area (Å²) in [6.07, 6.45) is -3.05. The third kappa shape index (κ3) is 3.27. The van der Waals surface area contributed by atoms with Gasteiger partial charge in [0.05, 0.1) is 6.54 Å². The first-order chi connectivity index (χ1) is 10.4. The van der Waals surface area contributed by atoms with E-state index in [1.54, 1.807) is 12.1 Å². The standard InChI is InChI=1S/C11H11BrN6O4/c12-6-2-1-3-7(14-6)15-10(20)8-9(19)5(16-17-13)4-18(8)11(21)22/h1-3,5,8-9,13,19H,4H2,(H-,14,15,20,21,22). The number of hydrogen-bond acceptors (Lipinski definition) is 7. The van der Waals surface area contributed by atoms with Crippen LogP contribution < -0.4 is 15.3 Å². The summed E-state index contributed by atoms with van der Waals surface area (Å²) >= 11 is 3.14.